The molecule has 1 aliphatic rings. The molecule has 2 aromatic heterocycles. The Labute approximate surface area is 157 Å². The van der Waals surface area contributed by atoms with Crippen LogP contribution in [0.2, 0.25) is 0 Å². The second-order valence-corrected chi connectivity index (χ2v) is 6.44. The summed E-state index contributed by atoms with van der Waals surface area (Å²) in [5.41, 5.74) is 4.03. The summed E-state index contributed by atoms with van der Waals surface area (Å²) in [6, 6.07) is 18.3. The van der Waals surface area contributed by atoms with E-state index < -0.39 is 0 Å². The van der Waals surface area contributed by atoms with Crippen molar-refractivity contribution in [2.75, 3.05) is 11.9 Å². The maximum Gasteiger partial charge on any atom is 0.227 e. The Balaban J connectivity index is 1.63. The van der Waals surface area contributed by atoms with Gasteiger partial charge in [0.15, 0.2) is 0 Å². The van der Waals surface area contributed by atoms with Gasteiger partial charge in [0, 0.05) is 41.8 Å². The van der Waals surface area contributed by atoms with E-state index in [-0.39, 0.29) is 0 Å². The third kappa shape index (κ3) is 3.15. The molecule has 0 unspecified atom stereocenters. The number of anilines is 2. The van der Waals surface area contributed by atoms with Crippen molar-refractivity contribution in [2.24, 2.45) is 0 Å². The second-order valence-electron chi connectivity index (χ2n) is 6.44. The highest BCUT2D eigenvalue weighted by molar-refractivity contribution is 5.85. The molecule has 0 saturated heterocycles. The van der Waals surface area contributed by atoms with Crippen molar-refractivity contribution in [3.63, 3.8) is 0 Å². The molecule has 5 heteroatoms. The van der Waals surface area contributed by atoms with Crippen LogP contribution in [0.1, 0.15) is 0 Å². The van der Waals surface area contributed by atoms with E-state index in [2.05, 4.69) is 56.4 Å². The monoisotopic (exact) mass is 354 g/mol. The molecular formula is C22H18N4O. The first-order valence-electron chi connectivity index (χ1n) is 8.92. The van der Waals surface area contributed by atoms with Crippen LogP contribution in [0.15, 0.2) is 79.1 Å². The molecule has 0 spiro atoms. The third-order valence-corrected chi connectivity index (χ3v) is 4.63. The summed E-state index contributed by atoms with van der Waals surface area (Å²) in [5.74, 6) is 1.37. The number of fused-ring (bicyclic) bond motifs is 6. The van der Waals surface area contributed by atoms with E-state index in [9.17, 15) is 0 Å². The van der Waals surface area contributed by atoms with Crippen molar-refractivity contribution in [1.82, 2.24) is 14.5 Å². The van der Waals surface area contributed by atoms with Crippen LogP contribution in [-0.2, 0) is 6.54 Å². The first-order valence-corrected chi connectivity index (χ1v) is 8.92. The van der Waals surface area contributed by atoms with Gasteiger partial charge in [-0.1, -0.05) is 24.3 Å². The molecule has 132 valence electrons. The average molecular weight is 354 g/mol. The van der Waals surface area contributed by atoms with Crippen LogP contribution in [0.25, 0.3) is 22.2 Å². The lowest BCUT2D eigenvalue weighted by Crippen LogP contribution is -2.00. The Kier molecular flexibility index (Phi) is 3.83. The second kappa shape index (κ2) is 6.61. The quantitative estimate of drug-likeness (QED) is 0.461. The fourth-order valence-corrected chi connectivity index (χ4v) is 3.28. The van der Waals surface area contributed by atoms with Crippen molar-refractivity contribution >= 4 is 22.5 Å². The van der Waals surface area contributed by atoms with Crippen LogP contribution < -0.4 is 10.1 Å². The molecule has 2 aromatic carbocycles. The minimum atomic E-state index is 0.528. The SMILES string of the molecule is C1=C\Cn2ccc3ccc(cc32)-c2ccnc(n2)Nc2cccc(c2)OC/1. The number of rotatable bonds is 0. The largest absolute Gasteiger partial charge is 0.489 e. The minimum Gasteiger partial charge on any atom is -0.489 e. The van der Waals surface area contributed by atoms with Gasteiger partial charge in [-0.2, -0.15) is 0 Å². The normalized spacial score (nSPS) is 14.5. The fraction of sp³-hybridized carbons (Fsp3) is 0.0909. The van der Waals surface area contributed by atoms with Crippen LogP contribution in [0.4, 0.5) is 11.6 Å². The molecular weight excluding hydrogens is 336 g/mol. The highest BCUT2D eigenvalue weighted by Gasteiger charge is 2.07. The summed E-state index contributed by atoms with van der Waals surface area (Å²) in [6.45, 7) is 1.33. The van der Waals surface area contributed by atoms with Gasteiger partial charge in [-0.25, -0.2) is 9.97 Å². The van der Waals surface area contributed by atoms with Crippen molar-refractivity contribution < 1.29 is 4.74 Å². The van der Waals surface area contributed by atoms with Gasteiger partial charge in [0.25, 0.3) is 0 Å². The van der Waals surface area contributed by atoms with Crippen LogP contribution in [-0.4, -0.2) is 21.1 Å². The van der Waals surface area contributed by atoms with Gasteiger partial charge in [-0.05, 0) is 41.8 Å². The highest BCUT2D eigenvalue weighted by Crippen LogP contribution is 2.26. The van der Waals surface area contributed by atoms with Crippen molar-refractivity contribution in [3.05, 3.63) is 79.1 Å². The lowest BCUT2D eigenvalue weighted by molar-refractivity contribution is 0.362. The topological polar surface area (TPSA) is 52.0 Å². The van der Waals surface area contributed by atoms with Gasteiger partial charge < -0.3 is 14.6 Å². The molecule has 3 heterocycles. The predicted molar refractivity (Wildman–Crippen MR) is 107 cm³/mol. The van der Waals surface area contributed by atoms with E-state index >= 15 is 0 Å². The number of hydrogen-bond acceptors (Lipinski definition) is 4. The van der Waals surface area contributed by atoms with Crippen LogP contribution in [0.3, 0.4) is 0 Å². The maximum atomic E-state index is 5.82. The molecule has 0 fully saturated rings. The third-order valence-electron chi connectivity index (χ3n) is 4.63. The molecule has 1 N–H and O–H groups in total. The molecule has 0 amide bonds. The molecule has 1 aliphatic heterocycles. The lowest BCUT2D eigenvalue weighted by atomic mass is 10.1. The fourth-order valence-electron chi connectivity index (χ4n) is 3.28. The summed E-state index contributed by atoms with van der Waals surface area (Å²) in [5, 5.41) is 4.48. The number of ether oxygens (including phenoxy) is 1. The Bertz CT molecular complexity index is 1150. The molecule has 5 rings (SSSR count). The summed E-state index contributed by atoms with van der Waals surface area (Å²) < 4.78 is 8.05. The molecule has 0 atom stereocenters. The summed E-state index contributed by atoms with van der Waals surface area (Å²) in [4.78, 5) is 9.04. The van der Waals surface area contributed by atoms with E-state index in [4.69, 9.17) is 4.74 Å². The number of benzene rings is 2. The van der Waals surface area contributed by atoms with E-state index in [0.717, 1.165) is 29.2 Å². The Morgan fingerprint density at radius 1 is 1.00 bits per heavy atom. The minimum absolute atomic E-state index is 0.528. The number of nitrogens with zero attached hydrogens (tertiary/aromatic N) is 3. The van der Waals surface area contributed by atoms with Gasteiger partial charge in [0.1, 0.15) is 12.4 Å². The highest BCUT2D eigenvalue weighted by atomic mass is 16.5. The molecule has 4 aromatic rings. The zero-order valence-electron chi connectivity index (χ0n) is 14.7. The Morgan fingerprint density at radius 2 is 2.00 bits per heavy atom. The first-order chi connectivity index (χ1) is 13.3. The van der Waals surface area contributed by atoms with Gasteiger partial charge in [-0.3, -0.25) is 0 Å². The van der Waals surface area contributed by atoms with Crippen LogP contribution in [0, 0.1) is 0 Å². The molecule has 0 aliphatic carbocycles. The van der Waals surface area contributed by atoms with Gasteiger partial charge in [-0.15, -0.1) is 0 Å². The van der Waals surface area contributed by atoms with Crippen molar-refractivity contribution in [3.8, 4) is 17.0 Å². The standard InChI is InChI=1S/C22H18N4O/c1-2-13-27-19-5-3-4-18(15-19)24-22-23-10-8-20(25-22)17-7-6-16-9-12-26(11-1)21(16)14-17/h1-10,12,14-15H,11,13H2,(H,23,24,25)/b2-1-. The van der Waals surface area contributed by atoms with Crippen molar-refractivity contribution in [2.45, 2.75) is 6.54 Å². The van der Waals surface area contributed by atoms with Crippen LogP contribution >= 0.6 is 0 Å². The lowest BCUT2D eigenvalue weighted by Gasteiger charge is -2.10. The van der Waals surface area contributed by atoms with E-state index in [1.54, 1.807) is 6.20 Å². The summed E-state index contributed by atoms with van der Waals surface area (Å²) in [6.07, 6.45) is 8.06. The molecule has 5 nitrogen and oxygen atoms in total. The number of nitrogens with one attached hydrogen (secondary N) is 1. The molecule has 6 bridgehead atoms. The van der Waals surface area contributed by atoms with Gasteiger partial charge in [0.2, 0.25) is 5.95 Å². The number of hydrogen-bond donors (Lipinski definition) is 1. The summed E-state index contributed by atoms with van der Waals surface area (Å²) in [7, 11) is 0. The summed E-state index contributed by atoms with van der Waals surface area (Å²) >= 11 is 0. The zero-order chi connectivity index (χ0) is 18.1. The first kappa shape index (κ1) is 15.6. The smallest absolute Gasteiger partial charge is 0.227 e. The average Bonchev–Trinajstić information content (AvgIpc) is 3.10. The molecule has 0 saturated carbocycles. The van der Waals surface area contributed by atoms with E-state index in [1.165, 1.54) is 10.9 Å². The maximum absolute atomic E-state index is 5.82. The Hall–Kier alpha value is -3.60. The van der Waals surface area contributed by atoms with E-state index in [0.29, 0.717) is 12.6 Å². The zero-order valence-corrected chi connectivity index (χ0v) is 14.7. The van der Waals surface area contributed by atoms with Gasteiger partial charge >= 0.3 is 0 Å². The van der Waals surface area contributed by atoms with Crippen molar-refractivity contribution in [1.29, 1.82) is 0 Å². The van der Waals surface area contributed by atoms with E-state index in [1.807, 2.05) is 36.4 Å². The predicted octanol–water partition coefficient (Wildman–Crippen LogP) is 4.79. The number of aromatic nitrogens is 3. The van der Waals surface area contributed by atoms with Crippen LogP contribution in [0.5, 0.6) is 5.75 Å². The van der Waals surface area contributed by atoms with Gasteiger partial charge in [0.05, 0.1) is 5.69 Å². The molecule has 0 radical (unpaired) electrons. The molecule has 27 heavy (non-hydrogen) atoms. The Morgan fingerprint density at radius 3 is 3.00 bits per heavy atom. The number of allylic oxidation sites excluding steroid dienone is 1.